The summed E-state index contributed by atoms with van der Waals surface area (Å²) < 4.78 is 10.9. The molecule has 0 spiro atoms. The van der Waals surface area contributed by atoms with Crippen LogP contribution in [0.3, 0.4) is 0 Å². The summed E-state index contributed by atoms with van der Waals surface area (Å²) in [4.78, 5) is 36.2. The summed E-state index contributed by atoms with van der Waals surface area (Å²) in [7, 11) is 0. The molecule has 0 saturated carbocycles. The highest BCUT2D eigenvalue weighted by molar-refractivity contribution is 5.94. The summed E-state index contributed by atoms with van der Waals surface area (Å²) in [5.41, 5.74) is 4.57. The maximum Gasteiger partial charge on any atom is 0.306 e. The Morgan fingerprint density at radius 2 is 1.24 bits per heavy atom. The van der Waals surface area contributed by atoms with Crippen LogP contribution in [-0.4, -0.2) is 24.4 Å². The molecule has 37 heavy (non-hydrogen) atoms. The number of carbonyl (C=O) groups is 3. The van der Waals surface area contributed by atoms with Crippen LogP contribution in [-0.2, 0) is 24.5 Å². The summed E-state index contributed by atoms with van der Waals surface area (Å²) in [5.74, 6) is -0.0135. The van der Waals surface area contributed by atoms with Gasteiger partial charge in [0.05, 0.1) is 6.42 Å². The van der Waals surface area contributed by atoms with Crippen molar-refractivity contribution in [3.05, 3.63) is 83.4 Å². The number of anilines is 2. The Hall–Kier alpha value is -4.13. The van der Waals surface area contributed by atoms with Crippen LogP contribution in [0.4, 0.5) is 11.4 Å². The van der Waals surface area contributed by atoms with Gasteiger partial charge in [0.25, 0.3) is 5.91 Å². The largest absolute Gasteiger partial charge is 0.457 e. The van der Waals surface area contributed by atoms with Crippen molar-refractivity contribution >= 4 is 29.2 Å². The fraction of sp³-hybridized carbons (Fsp3) is 0.300. The average Bonchev–Trinajstić information content (AvgIpc) is 2.82. The Labute approximate surface area is 218 Å². The number of carbonyl (C=O) groups excluding carboxylic acids is 3. The summed E-state index contributed by atoms with van der Waals surface area (Å²) in [6.45, 7) is 9.93. The Bertz CT molecular complexity index is 1220. The molecule has 0 unspecified atom stereocenters. The van der Waals surface area contributed by atoms with Crippen LogP contribution in [0.15, 0.2) is 66.7 Å². The molecular formula is C30H34N2O5. The molecule has 0 fully saturated rings. The van der Waals surface area contributed by atoms with Crippen molar-refractivity contribution in [2.75, 3.05) is 17.2 Å². The van der Waals surface area contributed by atoms with Gasteiger partial charge < -0.3 is 20.1 Å². The van der Waals surface area contributed by atoms with Gasteiger partial charge in [0.15, 0.2) is 6.61 Å². The van der Waals surface area contributed by atoms with E-state index in [1.807, 2.05) is 56.3 Å². The molecule has 7 nitrogen and oxygen atoms in total. The van der Waals surface area contributed by atoms with Crippen LogP contribution < -0.4 is 15.4 Å². The van der Waals surface area contributed by atoms with Crippen LogP contribution in [0.1, 0.15) is 50.3 Å². The van der Waals surface area contributed by atoms with Gasteiger partial charge in [0.2, 0.25) is 5.91 Å². The first kappa shape index (κ1) is 27.5. The molecule has 3 aromatic carbocycles. The minimum atomic E-state index is -0.619. The second kappa shape index (κ2) is 12.2. The Morgan fingerprint density at radius 1 is 0.703 bits per heavy atom. The van der Waals surface area contributed by atoms with E-state index in [0.29, 0.717) is 17.1 Å². The van der Waals surface area contributed by atoms with Crippen LogP contribution in [0.2, 0.25) is 0 Å². The lowest BCUT2D eigenvalue weighted by molar-refractivity contribution is -0.147. The summed E-state index contributed by atoms with van der Waals surface area (Å²) in [6, 6.07) is 20.6. The molecule has 0 aliphatic rings. The van der Waals surface area contributed by atoms with Gasteiger partial charge in [-0.3, -0.25) is 14.4 Å². The van der Waals surface area contributed by atoms with Crippen LogP contribution in [0, 0.1) is 13.8 Å². The predicted octanol–water partition coefficient (Wildman–Crippen LogP) is 6.29. The van der Waals surface area contributed by atoms with Gasteiger partial charge in [-0.25, -0.2) is 0 Å². The zero-order valence-electron chi connectivity index (χ0n) is 22.0. The quantitative estimate of drug-likeness (QED) is 0.335. The molecule has 0 atom stereocenters. The van der Waals surface area contributed by atoms with E-state index in [0.717, 1.165) is 16.9 Å². The second-order valence-corrected chi connectivity index (χ2v) is 10.0. The van der Waals surface area contributed by atoms with Crippen molar-refractivity contribution in [3.8, 4) is 11.5 Å². The van der Waals surface area contributed by atoms with Crippen molar-refractivity contribution in [1.29, 1.82) is 0 Å². The Balaban J connectivity index is 1.38. The second-order valence-electron chi connectivity index (χ2n) is 10.0. The molecule has 3 rings (SSSR count). The zero-order chi connectivity index (χ0) is 27.0. The van der Waals surface area contributed by atoms with Crippen LogP contribution in [0.25, 0.3) is 0 Å². The number of hydrogen-bond donors (Lipinski definition) is 2. The van der Waals surface area contributed by atoms with Crippen LogP contribution >= 0.6 is 0 Å². The van der Waals surface area contributed by atoms with E-state index < -0.39 is 18.5 Å². The number of aryl methyl sites for hydroxylation is 2. The van der Waals surface area contributed by atoms with Crippen LogP contribution in [0.5, 0.6) is 11.5 Å². The van der Waals surface area contributed by atoms with E-state index in [4.69, 9.17) is 9.47 Å². The predicted molar refractivity (Wildman–Crippen MR) is 145 cm³/mol. The third-order valence-corrected chi connectivity index (χ3v) is 5.52. The molecule has 0 bridgehead atoms. The molecule has 0 saturated heterocycles. The first-order chi connectivity index (χ1) is 17.5. The van der Waals surface area contributed by atoms with Gasteiger partial charge in [-0.2, -0.15) is 0 Å². The van der Waals surface area contributed by atoms with E-state index in [1.165, 1.54) is 5.56 Å². The number of amides is 2. The Kier molecular flexibility index (Phi) is 9.06. The molecule has 3 aromatic rings. The minimum absolute atomic E-state index is 0.0596. The molecule has 2 N–H and O–H groups in total. The van der Waals surface area contributed by atoms with Crippen molar-refractivity contribution in [2.45, 2.75) is 52.9 Å². The monoisotopic (exact) mass is 502 g/mol. The molecule has 2 amide bonds. The highest BCUT2D eigenvalue weighted by Gasteiger charge is 2.14. The number of ether oxygens (including phenoxy) is 2. The van der Waals surface area contributed by atoms with E-state index in [2.05, 4.69) is 31.4 Å². The SMILES string of the molecule is Cc1cc(C)cc(NC(=O)COC(=O)CCC(=O)Nc2ccc(Oc3ccc(C(C)(C)C)cc3)cc2)c1. The maximum absolute atomic E-state index is 12.2. The highest BCUT2D eigenvalue weighted by Crippen LogP contribution is 2.27. The molecule has 0 aliphatic heterocycles. The van der Waals surface area contributed by atoms with Gasteiger partial charge in [-0.15, -0.1) is 0 Å². The smallest absolute Gasteiger partial charge is 0.306 e. The number of esters is 1. The van der Waals surface area contributed by atoms with Crippen molar-refractivity contribution in [2.24, 2.45) is 0 Å². The normalized spacial score (nSPS) is 10.9. The molecular weight excluding hydrogens is 468 g/mol. The van der Waals surface area contributed by atoms with E-state index in [-0.39, 0.29) is 24.2 Å². The van der Waals surface area contributed by atoms with Gasteiger partial charge in [0, 0.05) is 17.8 Å². The summed E-state index contributed by atoms with van der Waals surface area (Å²) in [6.07, 6.45) is -0.190. The van der Waals surface area contributed by atoms with Gasteiger partial charge in [0.1, 0.15) is 11.5 Å². The lowest BCUT2D eigenvalue weighted by Gasteiger charge is -2.19. The average molecular weight is 503 g/mol. The molecule has 0 radical (unpaired) electrons. The van der Waals surface area contributed by atoms with E-state index in [1.54, 1.807) is 24.3 Å². The van der Waals surface area contributed by atoms with Crippen molar-refractivity contribution in [1.82, 2.24) is 0 Å². The molecule has 7 heteroatoms. The lowest BCUT2D eigenvalue weighted by Crippen LogP contribution is -2.21. The summed E-state index contributed by atoms with van der Waals surface area (Å²) >= 11 is 0. The maximum atomic E-state index is 12.2. The van der Waals surface area contributed by atoms with Gasteiger partial charge in [-0.1, -0.05) is 39.0 Å². The first-order valence-electron chi connectivity index (χ1n) is 12.2. The first-order valence-corrected chi connectivity index (χ1v) is 12.2. The highest BCUT2D eigenvalue weighted by atomic mass is 16.5. The minimum Gasteiger partial charge on any atom is -0.457 e. The number of benzene rings is 3. The number of nitrogens with one attached hydrogen (secondary N) is 2. The van der Waals surface area contributed by atoms with E-state index >= 15 is 0 Å². The third-order valence-electron chi connectivity index (χ3n) is 5.52. The number of rotatable bonds is 9. The molecule has 0 aromatic heterocycles. The van der Waals surface area contributed by atoms with E-state index in [9.17, 15) is 14.4 Å². The molecule has 0 heterocycles. The lowest BCUT2D eigenvalue weighted by atomic mass is 9.87. The Morgan fingerprint density at radius 3 is 1.81 bits per heavy atom. The standard InChI is InChI=1S/C30H34N2O5/c1-20-16-21(2)18-24(17-20)32-28(34)19-36-29(35)15-14-27(33)31-23-8-12-26(13-9-23)37-25-10-6-22(7-11-25)30(3,4)5/h6-13,16-18H,14-15,19H2,1-5H3,(H,31,33)(H,32,34). The fourth-order valence-corrected chi connectivity index (χ4v) is 3.67. The zero-order valence-corrected chi connectivity index (χ0v) is 22.0. The fourth-order valence-electron chi connectivity index (χ4n) is 3.67. The molecule has 0 aliphatic carbocycles. The van der Waals surface area contributed by atoms with Crippen molar-refractivity contribution < 1.29 is 23.9 Å². The third kappa shape index (κ3) is 9.11. The number of hydrogen-bond acceptors (Lipinski definition) is 5. The van der Waals surface area contributed by atoms with Gasteiger partial charge >= 0.3 is 5.97 Å². The summed E-state index contributed by atoms with van der Waals surface area (Å²) in [5, 5.41) is 5.44. The van der Waals surface area contributed by atoms with Gasteiger partial charge in [-0.05, 0) is 84.5 Å². The topological polar surface area (TPSA) is 93.7 Å². The molecule has 194 valence electrons. The van der Waals surface area contributed by atoms with Crippen molar-refractivity contribution in [3.63, 3.8) is 0 Å².